The van der Waals surface area contributed by atoms with Crippen molar-refractivity contribution in [1.82, 2.24) is 0 Å². The number of nitrogens with zero attached hydrogens (tertiary/aromatic N) is 1. The minimum Gasteiger partial charge on any atom is -0.391 e. The smallest absolute Gasteiger partial charge is 0.141 e. The van der Waals surface area contributed by atoms with Crippen molar-refractivity contribution < 1.29 is 9.50 Å². The summed E-state index contributed by atoms with van der Waals surface area (Å²) in [6, 6.07) is 5.16. The van der Waals surface area contributed by atoms with E-state index in [4.69, 9.17) is 11.0 Å². The minimum atomic E-state index is -0.748. The van der Waals surface area contributed by atoms with Gasteiger partial charge in [0.05, 0.1) is 17.7 Å². The van der Waals surface area contributed by atoms with Gasteiger partial charge in [-0.3, -0.25) is 0 Å². The molecule has 1 aromatic rings. The lowest BCUT2D eigenvalue weighted by molar-refractivity contribution is 0.164. The highest BCUT2D eigenvalue weighted by molar-refractivity contribution is 5.34. The molecule has 74 valence electrons. The van der Waals surface area contributed by atoms with E-state index in [0.29, 0.717) is 5.56 Å². The van der Waals surface area contributed by atoms with Gasteiger partial charge in [-0.2, -0.15) is 5.26 Å². The van der Waals surface area contributed by atoms with Crippen molar-refractivity contribution in [3.05, 3.63) is 35.1 Å². The van der Waals surface area contributed by atoms with Gasteiger partial charge < -0.3 is 10.8 Å². The highest BCUT2D eigenvalue weighted by atomic mass is 19.1. The second-order valence-electron chi connectivity index (χ2n) is 3.12. The van der Waals surface area contributed by atoms with Gasteiger partial charge in [-0.1, -0.05) is 6.07 Å². The first kappa shape index (κ1) is 10.6. The van der Waals surface area contributed by atoms with Crippen LogP contribution < -0.4 is 5.73 Å². The van der Waals surface area contributed by atoms with Crippen LogP contribution in [0, 0.1) is 17.1 Å². The van der Waals surface area contributed by atoms with Crippen molar-refractivity contribution >= 4 is 0 Å². The van der Waals surface area contributed by atoms with E-state index in [-0.39, 0.29) is 5.56 Å². The molecule has 0 radical (unpaired) electrons. The molecule has 2 atom stereocenters. The summed E-state index contributed by atoms with van der Waals surface area (Å²) in [5, 5.41) is 17.7. The molecule has 0 amide bonds. The van der Waals surface area contributed by atoms with Gasteiger partial charge in [0.1, 0.15) is 11.9 Å². The first-order valence-corrected chi connectivity index (χ1v) is 4.19. The van der Waals surface area contributed by atoms with Crippen LogP contribution in [0.4, 0.5) is 4.39 Å². The van der Waals surface area contributed by atoms with Crippen molar-refractivity contribution in [1.29, 1.82) is 5.26 Å². The van der Waals surface area contributed by atoms with Crippen LogP contribution in [-0.4, -0.2) is 11.2 Å². The van der Waals surface area contributed by atoms with Crippen molar-refractivity contribution in [2.24, 2.45) is 5.73 Å². The van der Waals surface area contributed by atoms with E-state index in [1.165, 1.54) is 19.1 Å². The first-order chi connectivity index (χ1) is 6.56. The molecule has 0 bridgehead atoms. The lowest BCUT2D eigenvalue weighted by Gasteiger charge is -2.14. The molecule has 0 saturated carbocycles. The Morgan fingerprint density at radius 2 is 2.21 bits per heavy atom. The van der Waals surface area contributed by atoms with Crippen LogP contribution in [0.15, 0.2) is 18.2 Å². The van der Waals surface area contributed by atoms with Crippen LogP contribution in [-0.2, 0) is 0 Å². The Kier molecular flexibility index (Phi) is 3.18. The van der Waals surface area contributed by atoms with Crippen molar-refractivity contribution in [3.63, 3.8) is 0 Å². The number of halogens is 1. The van der Waals surface area contributed by atoms with Gasteiger partial charge in [-0.05, 0) is 24.6 Å². The van der Waals surface area contributed by atoms with Crippen LogP contribution in [0.2, 0.25) is 0 Å². The van der Waals surface area contributed by atoms with Gasteiger partial charge in [0.15, 0.2) is 0 Å². The average Bonchev–Trinajstić information content (AvgIpc) is 2.16. The summed E-state index contributed by atoms with van der Waals surface area (Å²) < 4.78 is 13.1. The molecule has 4 heteroatoms. The monoisotopic (exact) mass is 194 g/mol. The molecule has 0 fully saturated rings. The largest absolute Gasteiger partial charge is 0.391 e. The van der Waals surface area contributed by atoms with Crippen LogP contribution in [0.3, 0.4) is 0 Å². The van der Waals surface area contributed by atoms with E-state index in [9.17, 15) is 9.50 Å². The molecule has 1 rings (SSSR count). The van der Waals surface area contributed by atoms with E-state index >= 15 is 0 Å². The zero-order valence-electron chi connectivity index (χ0n) is 7.74. The van der Waals surface area contributed by atoms with Gasteiger partial charge in [-0.15, -0.1) is 0 Å². The lowest BCUT2D eigenvalue weighted by atomic mass is 10.0. The molecule has 3 N–H and O–H groups in total. The maximum absolute atomic E-state index is 13.1. The number of benzene rings is 1. The van der Waals surface area contributed by atoms with E-state index in [2.05, 4.69) is 0 Å². The molecule has 0 aliphatic carbocycles. The number of aliphatic hydroxyl groups excluding tert-OH is 1. The SMILES string of the molecule is CC(O)C(N)c1ccc(C#N)c(F)c1. The molecule has 2 unspecified atom stereocenters. The zero-order chi connectivity index (χ0) is 10.7. The molecular weight excluding hydrogens is 183 g/mol. The van der Waals surface area contributed by atoms with Crippen LogP contribution in [0.25, 0.3) is 0 Å². The van der Waals surface area contributed by atoms with Crippen molar-refractivity contribution in [3.8, 4) is 6.07 Å². The Morgan fingerprint density at radius 1 is 1.57 bits per heavy atom. The Hall–Kier alpha value is -1.44. The number of aliphatic hydroxyl groups is 1. The summed E-state index contributed by atoms with van der Waals surface area (Å²) in [7, 11) is 0. The molecule has 14 heavy (non-hydrogen) atoms. The second-order valence-corrected chi connectivity index (χ2v) is 3.12. The fourth-order valence-corrected chi connectivity index (χ4v) is 1.11. The summed E-state index contributed by atoms with van der Waals surface area (Å²) in [4.78, 5) is 0. The van der Waals surface area contributed by atoms with E-state index < -0.39 is 18.0 Å². The topological polar surface area (TPSA) is 70.0 Å². The van der Waals surface area contributed by atoms with Gasteiger partial charge in [0.25, 0.3) is 0 Å². The molecule has 0 saturated heterocycles. The zero-order valence-corrected chi connectivity index (χ0v) is 7.74. The summed E-state index contributed by atoms with van der Waals surface area (Å²) in [5.74, 6) is -0.610. The number of nitriles is 1. The molecule has 0 aromatic heterocycles. The molecule has 1 aromatic carbocycles. The summed E-state index contributed by atoms with van der Waals surface area (Å²) in [5.41, 5.74) is 6.06. The number of hydrogen-bond acceptors (Lipinski definition) is 3. The Labute approximate surface area is 81.6 Å². The van der Waals surface area contributed by atoms with Crippen molar-refractivity contribution in [2.45, 2.75) is 19.1 Å². The Balaban J connectivity index is 3.04. The average molecular weight is 194 g/mol. The molecule has 0 spiro atoms. The molecule has 3 nitrogen and oxygen atoms in total. The fraction of sp³-hybridized carbons (Fsp3) is 0.300. The highest BCUT2D eigenvalue weighted by Gasteiger charge is 2.13. The third-order valence-electron chi connectivity index (χ3n) is 2.02. The third-order valence-corrected chi connectivity index (χ3v) is 2.02. The molecule has 0 heterocycles. The molecular formula is C10H11FN2O. The normalized spacial score (nSPS) is 14.5. The Morgan fingerprint density at radius 3 is 2.64 bits per heavy atom. The van der Waals surface area contributed by atoms with Crippen molar-refractivity contribution in [2.75, 3.05) is 0 Å². The maximum atomic E-state index is 13.1. The Bertz CT molecular complexity index is 371. The summed E-state index contributed by atoms with van der Waals surface area (Å²) in [6.07, 6.45) is -0.748. The predicted molar refractivity (Wildman–Crippen MR) is 49.7 cm³/mol. The van der Waals surface area contributed by atoms with Crippen LogP contribution in [0.5, 0.6) is 0 Å². The predicted octanol–water partition coefficient (Wildman–Crippen LogP) is 1.08. The number of nitrogens with two attached hydrogens (primary N) is 1. The highest BCUT2D eigenvalue weighted by Crippen LogP contribution is 2.17. The fourth-order valence-electron chi connectivity index (χ4n) is 1.11. The number of rotatable bonds is 2. The van der Waals surface area contributed by atoms with Gasteiger partial charge >= 0.3 is 0 Å². The molecule has 0 aliphatic heterocycles. The van der Waals surface area contributed by atoms with Crippen LogP contribution >= 0.6 is 0 Å². The van der Waals surface area contributed by atoms with Gasteiger partial charge in [0.2, 0.25) is 0 Å². The van der Waals surface area contributed by atoms with E-state index in [1.54, 1.807) is 12.1 Å². The summed E-state index contributed by atoms with van der Waals surface area (Å²) >= 11 is 0. The number of hydrogen-bond donors (Lipinski definition) is 2. The van der Waals surface area contributed by atoms with Gasteiger partial charge in [-0.25, -0.2) is 4.39 Å². The van der Waals surface area contributed by atoms with Gasteiger partial charge in [0, 0.05) is 0 Å². The molecule has 0 aliphatic rings. The van der Waals surface area contributed by atoms with E-state index in [1.807, 2.05) is 0 Å². The third kappa shape index (κ3) is 2.08. The summed E-state index contributed by atoms with van der Waals surface area (Å²) in [6.45, 7) is 1.53. The maximum Gasteiger partial charge on any atom is 0.141 e. The van der Waals surface area contributed by atoms with E-state index in [0.717, 1.165) is 0 Å². The standard InChI is InChI=1S/C10H11FN2O/c1-6(14)10(13)7-2-3-8(5-12)9(11)4-7/h2-4,6,10,14H,13H2,1H3. The van der Waals surface area contributed by atoms with Crippen LogP contribution in [0.1, 0.15) is 24.1 Å². The minimum absolute atomic E-state index is 0.0217. The second kappa shape index (κ2) is 4.18. The lowest BCUT2D eigenvalue weighted by Crippen LogP contribution is -2.23. The first-order valence-electron chi connectivity index (χ1n) is 4.19. The quantitative estimate of drug-likeness (QED) is 0.740.